The summed E-state index contributed by atoms with van der Waals surface area (Å²) < 4.78 is 0. The predicted octanol–water partition coefficient (Wildman–Crippen LogP) is 3.55. The Labute approximate surface area is 147 Å². The third-order valence-corrected chi connectivity index (χ3v) is 6.24. The Morgan fingerprint density at radius 2 is 1.88 bits per heavy atom. The van der Waals surface area contributed by atoms with Crippen LogP contribution in [0.5, 0.6) is 0 Å². The van der Waals surface area contributed by atoms with Gasteiger partial charge in [0.15, 0.2) is 0 Å². The maximum atomic E-state index is 13.2. The van der Waals surface area contributed by atoms with Crippen LogP contribution in [-0.2, 0) is 11.3 Å². The molecule has 0 radical (unpaired) electrons. The van der Waals surface area contributed by atoms with Gasteiger partial charge in [0.2, 0.25) is 5.91 Å². The van der Waals surface area contributed by atoms with Gasteiger partial charge < -0.3 is 4.90 Å². The monoisotopic (exact) mass is 341 g/mol. The van der Waals surface area contributed by atoms with E-state index in [1.54, 1.807) is 11.3 Å². The van der Waals surface area contributed by atoms with Gasteiger partial charge in [-0.25, -0.2) is 0 Å². The van der Waals surface area contributed by atoms with Crippen molar-refractivity contribution in [3.63, 3.8) is 0 Å². The Morgan fingerprint density at radius 1 is 1.08 bits per heavy atom. The molecule has 0 saturated carbocycles. The normalized spacial score (nSPS) is 21.3. The van der Waals surface area contributed by atoms with E-state index in [1.807, 2.05) is 34.8 Å². The largest absolute Gasteiger partial charge is 0.312 e. The number of piperidine rings is 2. The van der Waals surface area contributed by atoms with Gasteiger partial charge in [0.05, 0.1) is 10.9 Å². The van der Waals surface area contributed by atoms with Gasteiger partial charge in [-0.3, -0.25) is 14.7 Å². The van der Waals surface area contributed by atoms with E-state index in [-0.39, 0.29) is 5.41 Å². The van der Waals surface area contributed by atoms with Crippen LogP contribution in [0.4, 0.5) is 5.69 Å². The summed E-state index contributed by atoms with van der Waals surface area (Å²) in [5.74, 6) is 0.345. The van der Waals surface area contributed by atoms with Crippen LogP contribution in [0.15, 0.2) is 42.0 Å². The van der Waals surface area contributed by atoms with Crippen LogP contribution >= 0.6 is 11.3 Å². The number of aromatic nitrogens is 1. The smallest absolute Gasteiger partial charge is 0.233 e. The Kier molecular flexibility index (Phi) is 4.37. The molecule has 24 heavy (non-hydrogen) atoms. The van der Waals surface area contributed by atoms with Crippen LogP contribution in [0, 0.1) is 5.41 Å². The lowest BCUT2D eigenvalue weighted by Gasteiger charge is -2.46. The molecule has 0 atom stereocenters. The molecular weight excluding hydrogens is 318 g/mol. The van der Waals surface area contributed by atoms with Crippen molar-refractivity contribution >= 4 is 22.9 Å². The number of para-hydroxylation sites is 1. The van der Waals surface area contributed by atoms with Gasteiger partial charge in [-0.1, -0.05) is 18.2 Å². The van der Waals surface area contributed by atoms with Crippen molar-refractivity contribution in [2.45, 2.75) is 32.2 Å². The fraction of sp³-hybridized carbons (Fsp3) is 0.474. The molecule has 2 aromatic rings. The molecule has 1 amide bonds. The molecule has 1 aromatic heterocycles. The minimum atomic E-state index is -0.141. The van der Waals surface area contributed by atoms with E-state index in [0.717, 1.165) is 57.5 Å². The number of nitrogens with zero attached hydrogens (tertiary/aromatic N) is 3. The second-order valence-electron chi connectivity index (χ2n) is 6.92. The summed E-state index contributed by atoms with van der Waals surface area (Å²) in [4.78, 5) is 23.2. The lowest BCUT2D eigenvalue weighted by atomic mass is 9.71. The van der Waals surface area contributed by atoms with Crippen LogP contribution in [0.2, 0.25) is 0 Å². The highest BCUT2D eigenvalue weighted by Gasteiger charge is 2.45. The second kappa shape index (κ2) is 6.65. The minimum Gasteiger partial charge on any atom is -0.312 e. The van der Waals surface area contributed by atoms with Gasteiger partial charge >= 0.3 is 0 Å². The molecule has 2 saturated heterocycles. The summed E-state index contributed by atoms with van der Waals surface area (Å²) >= 11 is 1.71. The molecule has 126 valence electrons. The van der Waals surface area contributed by atoms with Gasteiger partial charge in [-0.15, -0.1) is 11.3 Å². The van der Waals surface area contributed by atoms with Crippen molar-refractivity contribution in [2.24, 2.45) is 5.41 Å². The molecule has 0 bridgehead atoms. The molecule has 1 spiro atoms. The molecule has 2 aliphatic rings. The van der Waals surface area contributed by atoms with E-state index in [2.05, 4.69) is 22.0 Å². The number of carbonyl (C=O) groups excluding carboxylic acids is 1. The standard InChI is InChI=1S/C19H23N3OS/c23-18-19(7-4-10-22(18)16-5-2-1-3-6-16)8-11-21(12-9-19)14-17-13-20-15-24-17/h1-3,5-6,13,15H,4,7-12,14H2. The number of hydrogen-bond acceptors (Lipinski definition) is 4. The molecule has 0 N–H and O–H groups in total. The first-order valence-corrected chi connectivity index (χ1v) is 9.62. The van der Waals surface area contributed by atoms with E-state index < -0.39 is 0 Å². The van der Waals surface area contributed by atoms with Crippen LogP contribution in [0.25, 0.3) is 0 Å². The highest BCUT2D eigenvalue weighted by atomic mass is 32.1. The molecule has 1 aromatic carbocycles. The first-order chi connectivity index (χ1) is 11.8. The van der Waals surface area contributed by atoms with E-state index in [9.17, 15) is 4.79 Å². The van der Waals surface area contributed by atoms with Crippen LogP contribution in [-0.4, -0.2) is 35.4 Å². The first-order valence-electron chi connectivity index (χ1n) is 8.74. The first kappa shape index (κ1) is 15.8. The quantitative estimate of drug-likeness (QED) is 0.856. The van der Waals surface area contributed by atoms with Crippen molar-refractivity contribution in [2.75, 3.05) is 24.5 Å². The Balaban J connectivity index is 1.45. The lowest BCUT2D eigenvalue weighted by Crippen LogP contribution is -2.53. The molecule has 3 heterocycles. The van der Waals surface area contributed by atoms with E-state index in [1.165, 1.54) is 4.88 Å². The number of hydrogen-bond donors (Lipinski definition) is 0. The zero-order valence-corrected chi connectivity index (χ0v) is 14.7. The van der Waals surface area contributed by atoms with Crippen LogP contribution < -0.4 is 4.90 Å². The SMILES string of the molecule is O=C1N(c2ccccc2)CCCC12CCN(Cc1cncs1)CC2. The van der Waals surface area contributed by atoms with Crippen LogP contribution in [0.1, 0.15) is 30.6 Å². The fourth-order valence-corrected chi connectivity index (χ4v) is 4.70. The number of likely N-dealkylation sites (tertiary alicyclic amines) is 1. The van der Waals surface area contributed by atoms with Crippen molar-refractivity contribution in [1.82, 2.24) is 9.88 Å². The summed E-state index contributed by atoms with van der Waals surface area (Å²) in [6, 6.07) is 10.1. The maximum Gasteiger partial charge on any atom is 0.233 e. The van der Waals surface area contributed by atoms with Gasteiger partial charge in [0.25, 0.3) is 0 Å². The average Bonchev–Trinajstić information content (AvgIpc) is 3.13. The number of benzene rings is 1. The van der Waals surface area contributed by atoms with E-state index in [4.69, 9.17) is 0 Å². The van der Waals surface area contributed by atoms with Gasteiger partial charge in [0, 0.05) is 29.9 Å². The third kappa shape index (κ3) is 2.98. The summed E-state index contributed by atoms with van der Waals surface area (Å²) in [6.07, 6.45) is 6.07. The number of thiazole rings is 1. The van der Waals surface area contributed by atoms with Crippen molar-refractivity contribution < 1.29 is 4.79 Å². The van der Waals surface area contributed by atoms with Crippen molar-refractivity contribution in [1.29, 1.82) is 0 Å². The van der Waals surface area contributed by atoms with E-state index >= 15 is 0 Å². The zero-order valence-electron chi connectivity index (χ0n) is 13.9. The maximum absolute atomic E-state index is 13.2. The number of amides is 1. The molecule has 2 aliphatic heterocycles. The molecule has 4 rings (SSSR count). The summed E-state index contributed by atoms with van der Waals surface area (Å²) in [6.45, 7) is 3.84. The Morgan fingerprint density at radius 3 is 2.58 bits per heavy atom. The number of anilines is 1. The Bertz CT molecular complexity index is 678. The topological polar surface area (TPSA) is 36.4 Å². The minimum absolute atomic E-state index is 0.141. The lowest BCUT2D eigenvalue weighted by molar-refractivity contribution is -0.133. The predicted molar refractivity (Wildman–Crippen MR) is 97.1 cm³/mol. The van der Waals surface area contributed by atoms with Gasteiger partial charge in [-0.2, -0.15) is 0 Å². The highest BCUT2D eigenvalue weighted by molar-refractivity contribution is 7.09. The molecule has 4 nitrogen and oxygen atoms in total. The fourth-order valence-electron chi connectivity index (χ4n) is 4.07. The molecule has 2 fully saturated rings. The average molecular weight is 341 g/mol. The summed E-state index contributed by atoms with van der Waals surface area (Å²) in [7, 11) is 0. The molecule has 0 unspecified atom stereocenters. The van der Waals surface area contributed by atoms with E-state index in [0.29, 0.717) is 5.91 Å². The number of carbonyl (C=O) groups is 1. The second-order valence-corrected chi connectivity index (χ2v) is 7.89. The number of rotatable bonds is 3. The van der Waals surface area contributed by atoms with Gasteiger partial charge in [-0.05, 0) is 50.9 Å². The van der Waals surface area contributed by atoms with Gasteiger partial charge in [0.1, 0.15) is 0 Å². The zero-order chi connectivity index (χ0) is 16.4. The molecular formula is C19H23N3OS. The van der Waals surface area contributed by atoms with Crippen molar-refractivity contribution in [3.8, 4) is 0 Å². The highest BCUT2D eigenvalue weighted by Crippen LogP contribution is 2.42. The Hall–Kier alpha value is -1.72. The van der Waals surface area contributed by atoms with Crippen molar-refractivity contribution in [3.05, 3.63) is 46.9 Å². The summed E-state index contributed by atoms with van der Waals surface area (Å²) in [5, 5.41) is 0. The third-order valence-electron chi connectivity index (χ3n) is 5.48. The molecule has 0 aliphatic carbocycles. The van der Waals surface area contributed by atoms with Crippen LogP contribution in [0.3, 0.4) is 0 Å². The summed E-state index contributed by atoms with van der Waals surface area (Å²) in [5.41, 5.74) is 2.80. The molecule has 5 heteroatoms.